The maximum Gasteiger partial charge on any atom is 0.251 e. The van der Waals surface area contributed by atoms with Crippen LogP contribution in [0, 0.1) is 0 Å². The molecule has 1 amide bonds. The van der Waals surface area contributed by atoms with Crippen LogP contribution in [-0.2, 0) is 13.0 Å². The van der Waals surface area contributed by atoms with Crippen LogP contribution in [0.1, 0.15) is 28.2 Å². The Morgan fingerprint density at radius 1 is 0.944 bits per heavy atom. The van der Waals surface area contributed by atoms with Crippen molar-refractivity contribution in [1.82, 2.24) is 14.9 Å². The first-order chi connectivity index (χ1) is 17.5. The van der Waals surface area contributed by atoms with Gasteiger partial charge in [0.25, 0.3) is 5.91 Å². The number of halogens is 2. The van der Waals surface area contributed by atoms with Gasteiger partial charge in [-0.2, -0.15) is 0 Å². The number of benzene rings is 3. The van der Waals surface area contributed by atoms with E-state index in [0.29, 0.717) is 58.8 Å². The molecule has 1 N–H and O–H groups in total. The minimum absolute atomic E-state index is 0.231. The number of amides is 1. The molecule has 3 aromatic carbocycles. The zero-order valence-corrected chi connectivity index (χ0v) is 21.8. The molecule has 0 saturated carbocycles. The zero-order chi connectivity index (χ0) is 25.7. The molecule has 36 heavy (non-hydrogen) atoms. The highest BCUT2D eigenvalue weighted by Crippen LogP contribution is 2.38. The SMILES string of the molecule is COc1cc(C(=O)NCCCc2nc3ccccc3n2Cc2c(Cl)cccc2Cl)cc(OC)c1OC. The first kappa shape index (κ1) is 25.7. The summed E-state index contributed by atoms with van der Waals surface area (Å²) in [5, 5.41) is 4.19. The number of fused-ring (bicyclic) bond motifs is 1. The van der Waals surface area contributed by atoms with Crippen molar-refractivity contribution in [2.75, 3.05) is 27.9 Å². The molecule has 188 valence electrons. The van der Waals surface area contributed by atoms with E-state index in [1.807, 2.05) is 42.5 Å². The van der Waals surface area contributed by atoms with Crippen molar-refractivity contribution in [1.29, 1.82) is 0 Å². The van der Waals surface area contributed by atoms with Gasteiger partial charge in [0.05, 0.1) is 38.9 Å². The number of carbonyl (C=O) groups is 1. The smallest absolute Gasteiger partial charge is 0.251 e. The fraction of sp³-hybridized carbons (Fsp3) is 0.259. The maximum atomic E-state index is 12.8. The van der Waals surface area contributed by atoms with E-state index in [1.165, 1.54) is 21.3 Å². The molecule has 0 fully saturated rings. The lowest BCUT2D eigenvalue weighted by Gasteiger charge is -2.14. The molecule has 0 spiro atoms. The summed E-state index contributed by atoms with van der Waals surface area (Å²) in [5.74, 6) is 1.96. The number of para-hydroxylation sites is 2. The molecule has 0 atom stereocenters. The molecule has 4 aromatic rings. The number of aromatic nitrogens is 2. The summed E-state index contributed by atoms with van der Waals surface area (Å²) < 4.78 is 18.1. The number of imidazole rings is 1. The lowest BCUT2D eigenvalue weighted by Crippen LogP contribution is -2.25. The molecule has 0 unspecified atom stereocenters. The highest BCUT2D eigenvalue weighted by atomic mass is 35.5. The lowest BCUT2D eigenvalue weighted by atomic mass is 10.1. The van der Waals surface area contributed by atoms with Gasteiger partial charge in [-0.15, -0.1) is 0 Å². The van der Waals surface area contributed by atoms with Gasteiger partial charge in [-0.3, -0.25) is 4.79 Å². The topological polar surface area (TPSA) is 74.6 Å². The van der Waals surface area contributed by atoms with E-state index in [9.17, 15) is 4.79 Å². The van der Waals surface area contributed by atoms with Gasteiger partial charge < -0.3 is 24.1 Å². The number of rotatable bonds is 10. The van der Waals surface area contributed by atoms with E-state index < -0.39 is 0 Å². The normalized spacial score (nSPS) is 10.9. The fourth-order valence-electron chi connectivity index (χ4n) is 4.10. The summed E-state index contributed by atoms with van der Waals surface area (Å²) in [4.78, 5) is 17.6. The zero-order valence-electron chi connectivity index (χ0n) is 20.3. The average molecular weight is 528 g/mol. The second-order valence-corrected chi connectivity index (χ2v) is 8.89. The van der Waals surface area contributed by atoms with E-state index in [1.54, 1.807) is 12.1 Å². The third kappa shape index (κ3) is 5.37. The summed E-state index contributed by atoms with van der Waals surface area (Å²) in [5.41, 5.74) is 3.17. The van der Waals surface area contributed by atoms with Crippen LogP contribution in [0.2, 0.25) is 10.0 Å². The van der Waals surface area contributed by atoms with Crippen LogP contribution in [-0.4, -0.2) is 43.3 Å². The highest BCUT2D eigenvalue weighted by molar-refractivity contribution is 6.36. The summed E-state index contributed by atoms with van der Waals surface area (Å²) in [6.45, 7) is 0.970. The van der Waals surface area contributed by atoms with Crippen LogP contribution >= 0.6 is 23.2 Å². The third-order valence-electron chi connectivity index (χ3n) is 5.90. The summed E-state index contributed by atoms with van der Waals surface area (Å²) in [6.07, 6.45) is 1.35. The summed E-state index contributed by atoms with van der Waals surface area (Å²) >= 11 is 12.9. The Morgan fingerprint density at radius 2 is 1.61 bits per heavy atom. The van der Waals surface area contributed by atoms with Crippen LogP contribution < -0.4 is 19.5 Å². The summed E-state index contributed by atoms with van der Waals surface area (Å²) in [6, 6.07) is 16.7. The highest BCUT2D eigenvalue weighted by Gasteiger charge is 2.17. The molecule has 0 aliphatic heterocycles. The van der Waals surface area contributed by atoms with Gasteiger partial charge in [0.15, 0.2) is 11.5 Å². The van der Waals surface area contributed by atoms with Crippen LogP contribution in [0.15, 0.2) is 54.6 Å². The number of methoxy groups -OCH3 is 3. The van der Waals surface area contributed by atoms with Crippen molar-refractivity contribution in [3.63, 3.8) is 0 Å². The number of nitrogens with zero attached hydrogens (tertiary/aromatic N) is 2. The molecule has 0 bridgehead atoms. The van der Waals surface area contributed by atoms with Gasteiger partial charge in [-0.05, 0) is 42.8 Å². The van der Waals surface area contributed by atoms with Crippen LogP contribution in [0.4, 0.5) is 0 Å². The Hall–Kier alpha value is -3.42. The first-order valence-corrected chi connectivity index (χ1v) is 12.2. The van der Waals surface area contributed by atoms with E-state index in [2.05, 4.69) is 9.88 Å². The molecule has 4 rings (SSSR count). The lowest BCUT2D eigenvalue weighted by molar-refractivity contribution is 0.0952. The van der Waals surface area contributed by atoms with Gasteiger partial charge >= 0.3 is 0 Å². The maximum absolute atomic E-state index is 12.8. The second kappa shape index (κ2) is 11.5. The van der Waals surface area contributed by atoms with Gasteiger partial charge in [0.2, 0.25) is 5.75 Å². The van der Waals surface area contributed by atoms with Gasteiger partial charge in [0, 0.05) is 34.1 Å². The second-order valence-electron chi connectivity index (χ2n) is 8.08. The van der Waals surface area contributed by atoms with E-state index in [4.69, 9.17) is 42.4 Å². The molecule has 0 saturated heterocycles. The molecular weight excluding hydrogens is 501 g/mol. The molecule has 7 nitrogen and oxygen atoms in total. The van der Waals surface area contributed by atoms with Crippen molar-refractivity contribution in [3.8, 4) is 17.2 Å². The Bertz CT molecular complexity index is 1340. The molecular formula is C27H27Cl2N3O4. The predicted octanol–water partition coefficient (Wildman–Crippen LogP) is 5.78. The minimum Gasteiger partial charge on any atom is -0.493 e. The quantitative estimate of drug-likeness (QED) is 0.264. The van der Waals surface area contributed by atoms with Crippen molar-refractivity contribution < 1.29 is 19.0 Å². The van der Waals surface area contributed by atoms with E-state index in [0.717, 1.165) is 22.4 Å². The van der Waals surface area contributed by atoms with Crippen molar-refractivity contribution in [3.05, 3.63) is 81.6 Å². The van der Waals surface area contributed by atoms with E-state index >= 15 is 0 Å². The van der Waals surface area contributed by atoms with Gasteiger partial charge in [-0.1, -0.05) is 41.4 Å². The van der Waals surface area contributed by atoms with Crippen LogP contribution in [0.3, 0.4) is 0 Å². The number of nitrogens with one attached hydrogen (secondary N) is 1. The molecule has 1 heterocycles. The standard InChI is InChI=1S/C27H27Cl2N3O4/c1-34-23-14-17(15-24(35-2)26(23)36-3)27(33)30-13-7-12-25-31-21-10-4-5-11-22(21)32(25)16-18-19(28)8-6-9-20(18)29/h4-6,8-11,14-15H,7,12-13,16H2,1-3H3,(H,30,33). The molecule has 0 aliphatic carbocycles. The average Bonchev–Trinajstić information content (AvgIpc) is 3.24. The minimum atomic E-state index is -0.231. The Balaban J connectivity index is 1.47. The van der Waals surface area contributed by atoms with Gasteiger partial charge in [0.1, 0.15) is 5.82 Å². The Morgan fingerprint density at radius 3 is 2.25 bits per heavy atom. The number of ether oxygens (including phenoxy) is 3. The van der Waals surface area contributed by atoms with Crippen LogP contribution in [0.25, 0.3) is 11.0 Å². The molecule has 0 radical (unpaired) electrons. The number of hydrogen-bond acceptors (Lipinski definition) is 5. The first-order valence-electron chi connectivity index (χ1n) is 11.4. The summed E-state index contributed by atoms with van der Waals surface area (Å²) in [7, 11) is 4.55. The fourth-order valence-corrected chi connectivity index (χ4v) is 4.61. The Labute approximate surface area is 219 Å². The van der Waals surface area contributed by atoms with E-state index in [-0.39, 0.29) is 5.91 Å². The molecule has 1 aromatic heterocycles. The number of hydrogen-bond donors (Lipinski definition) is 1. The largest absolute Gasteiger partial charge is 0.493 e. The van der Waals surface area contributed by atoms with Crippen LogP contribution in [0.5, 0.6) is 17.2 Å². The molecule has 0 aliphatic rings. The van der Waals surface area contributed by atoms with Crippen molar-refractivity contribution >= 4 is 40.1 Å². The van der Waals surface area contributed by atoms with Crippen molar-refractivity contribution in [2.24, 2.45) is 0 Å². The van der Waals surface area contributed by atoms with Gasteiger partial charge in [-0.25, -0.2) is 4.98 Å². The van der Waals surface area contributed by atoms with Crippen molar-refractivity contribution in [2.45, 2.75) is 19.4 Å². The molecule has 9 heteroatoms. The Kier molecular flexibility index (Phi) is 8.23. The number of aryl methyl sites for hydroxylation is 1. The number of carbonyl (C=O) groups excluding carboxylic acids is 1. The predicted molar refractivity (Wildman–Crippen MR) is 142 cm³/mol. The third-order valence-corrected chi connectivity index (χ3v) is 6.61. The monoisotopic (exact) mass is 527 g/mol.